The Labute approximate surface area is 91.4 Å². The lowest BCUT2D eigenvalue weighted by molar-refractivity contribution is 0.474. The standard InChI is InChI=1S/C12H19N3/c1-2-3-4-8-12(15-13)10-11-7-5-6-9-14-11/h2,5-7,9,12,15H,1,3-4,8,10,13H2. The number of nitrogens with one attached hydrogen (secondary N) is 1. The molecule has 1 heterocycles. The molecule has 0 saturated heterocycles. The van der Waals surface area contributed by atoms with Gasteiger partial charge >= 0.3 is 0 Å². The molecule has 1 unspecified atom stereocenters. The van der Waals surface area contributed by atoms with E-state index in [0.29, 0.717) is 6.04 Å². The van der Waals surface area contributed by atoms with Gasteiger partial charge in [0.15, 0.2) is 0 Å². The van der Waals surface area contributed by atoms with Crippen LogP contribution in [-0.2, 0) is 6.42 Å². The van der Waals surface area contributed by atoms with Crippen molar-refractivity contribution in [2.24, 2.45) is 5.84 Å². The van der Waals surface area contributed by atoms with Crippen LogP contribution in [-0.4, -0.2) is 11.0 Å². The summed E-state index contributed by atoms with van der Waals surface area (Å²) in [7, 11) is 0. The van der Waals surface area contributed by atoms with Crippen LogP contribution in [0.15, 0.2) is 37.1 Å². The first kappa shape index (κ1) is 11.9. The number of allylic oxidation sites excluding steroid dienone is 1. The highest BCUT2D eigenvalue weighted by Crippen LogP contribution is 2.06. The first-order chi connectivity index (χ1) is 7.36. The number of unbranched alkanes of at least 4 members (excludes halogenated alkanes) is 1. The molecule has 1 aromatic rings. The molecule has 0 aliphatic carbocycles. The minimum absolute atomic E-state index is 0.305. The number of nitrogens with two attached hydrogens (primary N) is 1. The van der Waals surface area contributed by atoms with Crippen molar-refractivity contribution in [1.29, 1.82) is 0 Å². The van der Waals surface area contributed by atoms with E-state index in [1.54, 1.807) is 0 Å². The van der Waals surface area contributed by atoms with Crippen LogP contribution in [0.4, 0.5) is 0 Å². The Hall–Kier alpha value is -1.19. The lowest BCUT2D eigenvalue weighted by Gasteiger charge is -2.14. The molecule has 1 rings (SSSR count). The molecular weight excluding hydrogens is 186 g/mol. The van der Waals surface area contributed by atoms with Gasteiger partial charge in [-0.15, -0.1) is 6.58 Å². The van der Waals surface area contributed by atoms with Gasteiger partial charge in [-0.25, -0.2) is 0 Å². The van der Waals surface area contributed by atoms with Crippen LogP contribution in [0.1, 0.15) is 25.0 Å². The van der Waals surface area contributed by atoms with Gasteiger partial charge in [0.1, 0.15) is 0 Å². The normalized spacial score (nSPS) is 12.3. The van der Waals surface area contributed by atoms with E-state index in [-0.39, 0.29) is 0 Å². The average Bonchev–Trinajstić information content (AvgIpc) is 2.29. The first-order valence-corrected chi connectivity index (χ1v) is 5.33. The number of hydrazine groups is 1. The van der Waals surface area contributed by atoms with Crippen LogP contribution in [0.5, 0.6) is 0 Å². The molecule has 1 atom stereocenters. The van der Waals surface area contributed by atoms with Crippen LogP contribution in [0.3, 0.4) is 0 Å². The molecule has 0 fully saturated rings. The van der Waals surface area contributed by atoms with Gasteiger partial charge in [-0.2, -0.15) is 0 Å². The van der Waals surface area contributed by atoms with E-state index in [0.717, 1.165) is 31.4 Å². The van der Waals surface area contributed by atoms with Crippen LogP contribution in [0, 0.1) is 0 Å². The lowest BCUT2D eigenvalue weighted by Crippen LogP contribution is -2.36. The number of hydrogen-bond donors (Lipinski definition) is 2. The van der Waals surface area contributed by atoms with Gasteiger partial charge < -0.3 is 0 Å². The molecule has 3 heteroatoms. The van der Waals surface area contributed by atoms with Crippen molar-refractivity contribution in [3.8, 4) is 0 Å². The van der Waals surface area contributed by atoms with Crippen molar-refractivity contribution < 1.29 is 0 Å². The van der Waals surface area contributed by atoms with Crippen molar-refractivity contribution in [1.82, 2.24) is 10.4 Å². The second-order valence-corrected chi connectivity index (χ2v) is 3.61. The third-order valence-electron chi connectivity index (χ3n) is 2.38. The molecule has 1 aromatic heterocycles. The largest absolute Gasteiger partial charge is 0.271 e. The summed E-state index contributed by atoms with van der Waals surface area (Å²) in [6.07, 6.45) is 7.85. The number of hydrogen-bond acceptors (Lipinski definition) is 3. The second-order valence-electron chi connectivity index (χ2n) is 3.61. The van der Waals surface area contributed by atoms with Gasteiger partial charge in [0.05, 0.1) is 0 Å². The summed E-state index contributed by atoms with van der Waals surface area (Å²) in [5, 5.41) is 0. The Morgan fingerprint density at radius 2 is 2.40 bits per heavy atom. The first-order valence-electron chi connectivity index (χ1n) is 5.33. The molecule has 82 valence electrons. The summed E-state index contributed by atoms with van der Waals surface area (Å²) in [5.74, 6) is 5.50. The maximum absolute atomic E-state index is 5.50. The SMILES string of the molecule is C=CCCCC(Cc1ccccn1)NN. The van der Waals surface area contributed by atoms with E-state index in [9.17, 15) is 0 Å². The number of pyridine rings is 1. The fourth-order valence-corrected chi connectivity index (χ4v) is 1.52. The fraction of sp³-hybridized carbons (Fsp3) is 0.417. The minimum atomic E-state index is 0.305. The van der Waals surface area contributed by atoms with Crippen LogP contribution < -0.4 is 11.3 Å². The molecule has 0 aliphatic rings. The molecule has 15 heavy (non-hydrogen) atoms. The monoisotopic (exact) mass is 205 g/mol. The summed E-state index contributed by atoms with van der Waals surface area (Å²) in [5.41, 5.74) is 3.92. The fourth-order valence-electron chi connectivity index (χ4n) is 1.52. The number of nitrogens with zero attached hydrogens (tertiary/aromatic N) is 1. The summed E-state index contributed by atoms with van der Waals surface area (Å²) >= 11 is 0. The quantitative estimate of drug-likeness (QED) is 0.309. The zero-order valence-corrected chi connectivity index (χ0v) is 9.02. The lowest BCUT2D eigenvalue weighted by atomic mass is 10.0. The van der Waals surface area contributed by atoms with E-state index < -0.39 is 0 Å². The molecule has 0 amide bonds. The Bertz CT molecular complexity index is 271. The minimum Gasteiger partial charge on any atom is -0.271 e. The highest BCUT2D eigenvalue weighted by Gasteiger charge is 2.07. The van der Waals surface area contributed by atoms with Crippen molar-refractivity contribution >= 4 is 0 Å². The van der Waals surface area contributed by atoms with E-state index in [2.05, 4.69) is 17.0 Å². The zero-order chi connectivity index (χ0) is 10.9. The van der Waals surface area contributed by atoms with Gasteiger partial charge in [0.2, 0.25) is 0 Å². The van der Waals surface area contributed by atoms with Crippen LogP contribution >= 0.6 is 0 Å². The second kappa shape index (κ2) is 7.15. The molecule has 3 nitrogen and oxygen atoms in total. The average molecular weight is 205 g/mol. The molecule has 0 bridgehead atoms. The highest BCUT2D eigenvalue weighted by atomic mass is 15.2. The molecule has 3 N–H and O–H groups in total. The third kappa shape index (κ3) is 4.72. The van der Waals surface area contributed by atoms with Gasteiger partial charge in [0, 0.05) is 24.4 Å². The molecule has 0 aromatic carbocycles. The van der Waals surface area contributed by atoms with E-state index in [1.807, 2.05) is 30.5 Å². The number of rotatable bonds is 7. The summed E-state index contributed by atoms with van der Waals surface area (Å²) < 4.78 is 0. The smallest absolute Gasteiger partial charge is 0.0419 e. The van der Waals surface area contributed by atoms with Crippen molar-refractivity contribution in [2.75, 3.05) is 0 Å². The Kier molecular flexibility index (Phi) is 5.66. The van der Waals surface area contributed by atoms with Crippen molar-refractivity contribution in [2.45, 2.75) is 31.7 Å². The Morgan fingerprint density at radius 3 is 3.00 bits per heavy atom. The molecule has 0 saturated carbocycles. The van der Waals surface area contributed by atoms with Crippen LogP contribution in [0.25, 0.3) is 0 Å². The summed E-state index contributed by atoms with van der Waals surface area (Å²) in [6, 6.07) is 6.25. The third-order valence-corrected chi connectivity index (χ3v) is 2.38. The molecular formula is C12H19N3. The van der Waals surface area contributed by atoms with Gasteiger partial charge in [0.25, 0.3) is 0 Å². The molecule has 0 radical (unpaired) electrons. The van der Waals surface area contributed by atoms with Crippen molar-refractivity contribution in [3.05, 3.63) is 42.7 Å². The van der Waals surface area contributed by atoms with E-state index in [4.69, 9.17) is 5.84 Å². The topological polar surface area (TPSA) is 50.9 Å². The summed E-state index contributed by atoms with van der Waals surface area (Å²) in [6.45, 7) is 3.70. The highest BCUT2D eigenvalue weighted by molar-refractivity contribution is 5.05. The van der Waals surface area contributed by atoms with E-state index >= 15 is 0 Å². The maximum atomic E-state index is 5.50. The Balaban J connectivity index is 2.36. The van der Waals surface area contributed by atoms with Crippen molar-refractivity contribution in [3.63, 3.8) is 0 Å². The summed E-state index contributed by atoms with van der Waals surface area (Å²) in [4.78, 5) is 4.28. The van der Waals surface area contributed by atoms with Gasteiger partial charge in [-0.1, -0.05) is 12.1 Å². The molecule has 0 spiro atoms. The Morgan fingerprint density at radius 1 is 1.53 bits per heavy atom. The zero-order valence-electron chi connectivity index (χ0n) is 9.02. The predicted octanol–water partition coefficient (Wildman–Crippen LogP) is 1.81. The van der Waals surface area contributed by atoms with E-state index in [1.165, 1.54) is 0 Å². The molecule has 0 aliphatic heterocycles. The maximum Gasteiger partial charge on any atom is 0.0419 e. The van der Waals surface area contributed by atoms with Gasteiger partial charge in [-0.05, 0) is 31.4 Å². The van der Waals surface area contributed by atoms with Crippen LogP contribution in [0.2, 0.25) is 0 Å². The predicted molar refractivity (Wildman–Crippen MR) is 63.1 cm³/mol. The van der Waals surface area contributed by atoms with Gasteiger partial charge in [-0.3, -0.25) is 16.3 Å². The number of aromatic nitrogens is 1.